The molecular formula is C6H15O+. The molecule has 0 amide bonds. The van der Waals surface area contributed by atoms with E-state index in [0.29, 0.717) is 6.10 Å². The molecule has 0 saturated carbocycles. The van der Waals surface area contributed by atoms with E-state index in [1.165, 1.54) is 0 Å². The molecule has 0 aromatic rings. The average Bonchev–Trinajstić information content (AvgIpc) is 1.65. The zero-order chi connectivity index (χ0) is 5.86. The van der Waals surface area contributed by atoms with Gasteiger partial charge in [-0.1, -0.05) is 0 Å². The molecule has 0 unspecified atom stereocenters. The van der Waals surface area contributed by atoms with Crippen LogP contribution in [0.1, 0.15) is 20.8 Å². The summed E-state index contributed by atoms with van der Waals surface area (Å²) >= 11 is 0. The fraction of sp³-hybridized carbons (Fsp3) is 1.00. The van der Waals surface area contributed by atoms with E-state index in [0.717, 1.165) is 6.61 Å². The molecule has 0 fully saturated rings. The fourth-order valence-corrected chi connectivity index (χ4v) is 0.333. The maximum atomic E-state index is 2.99. The number of rotatable bonds is 2. The summed E-state index contributed by atoms with van der Waals surface area (Å²) in [6, 6.07) is 0. The molecule has 0 rings (SSSR count). The minimum absolute atomic E-state index is 0.616. The SMILES string of the molecule is CC[O+](C)C(C)C. The van der Waals surface area contributed by atoms with Crippen molar-refractivity contribution in [2.45, 2.75) is 26.9 Å². The van der Waals surface area contributed by atoms with Crippen LogP contribution in [0.3, 0.4) is 0 Å². The van der Waals surface area contributed by atoms with Crippen LogP contribution in [0.4, 0.5) is 0 Å². The van der Waals surface area contributed by atoms with E-state index >= 15 is 0 Å². The van der Waals surface area contributed by atoms with Gasteiger partial charge < -0.3 is 4.37 Å². The third kappa shape index (κ3) is 2.63. The molecule has 0 aliphatic rings. The van der Waals surface area contributed by atoms with Crippen LogP contribution in [-0.2, 0) is 4.37 Å². The van der Waals surface area contributed by atoms with E-state index < -0.39 is 0 Å². The normalized spacial score (nSPS) is 11.1. The van der Waals surface area contributed by atoms with Gasteiger partial charge in [0.15, 0.2) is 0 Å². The Labute approximate surface area is 46.0 Å². The summed E-state index contributed by atoms with van der Waals surface area (Å²) in [5, 5.41) is 0. The van der Waals surface area contributed by atoms with E-state index in [4.69, 9.17) is 0 Å². The first-order chi connectivity index (χ1) is 3.18. The predicted molar refractivity (Wildman–Crippen MR) is 32.7 cm³/mol. The van der Waals surface area contributed by atoms with Crippen molar-refractivity contribution in [2.24, 2.45) is 0 Å². The van der Waals surface area contributed by atoms with E-state index in [1.54, 1.807) is 0 Å². The van der Waals surface area contributed by atoms with Gasteiger partial charge in [-0.15, -0.1) is 0 Å². The summed E-state index contributed by atoms with van der Waals surface area (Å²) in [5.41, 5.74) is 0. The molecule has 0 aliphatic carbocycles. The average molecular weight is 103 g/mol. The smallest absolute Gasteiger partial charge is 0.149 e. The highest BCUT2D eigenvalue weighted by Gasteiger charge is 2.01. The molecule has 1 heteroatoms. The van der Waals surface area contributed by atoms with Gasteiger partial charge in [0.05, 0.1) is 0 Å². The lowest BCUT2D eigenvalue weighted by atomic mass is 10.5. The minimum atomic E-state index is 0.616. The number of hydrogen-bond acceptors (Lipinski definition) is 0. The van der Waals surface area contributed by atoms with Crippen molar-refractivity contribution in [1.82, 2.24) is 0 Å². The zero-order valence-corrected chi connectivity index (χ0v) is 5.69. The molecule has 0 bridgehead atoms. The van der Waals surface area contributed by atoms with Gasteiger partial charge in [0, 0.05) is 20.8 Å². The van der Waals surface area contributed by atoms with Crippen LogP contribution in [0, 0.1) is 0 Å². The minimum Gasteiger partial charge on any atom is -0.423 e. The molecular weight excluding hydrogens is 88.1 g/mol. The van der Waals surface area contributed by atoms with Crippen molar-refractivity contribution < 1.29 is 4.37 Å². The van der Waals surface area contributed by atoms with Crippen LogP contribution in [0.2, 0.25) is 0 Å². The summed E-state index contributed by atoms with van der Waals surface area (Å²) in [4.78, 5) is 0. The molecule has 0 saturated heterocycles. The van der Waals surface area contributed by atoms with Gasteiger partial charge in [-0.05, 0) is 0 Å². The lowest BCUT2D eigenvalue weighted by Gasteiger charge is -2.14. The molecule has 0 radical (unpaired) electrons. The molecule has 0 aromatic carbocycles. The quantitative estimate of drug-likeness (QED) is 0.467. The summed E-state index contributed by atoms with van der Waals surface area (Å²) in [5.74, 6) is 0. The zero-order valence-electron chi connectivity index (χ0n) is 5.69. The maximum absolute atomic E-state index is 2.99. The van der Waals surface area contributed by atoms with Crippen LogP contribution in [0.15, 0.2) is 0 Å². The predicted octanol–water partition coefficient (Wildman–Crippen LogP) is 1.60. The first-order valence-electron chi connectivity index (χ1n) is 2.79. The Morgan fingerprint density at radius 3 is 1.86 bits per heavy atom. The second-order valence-corrected chi connectivity index (χ2v) is 2.03. The molecule has 0 aromatic heterocycles. The Bertz CT molecular complexity index is 41.4. The molecule has 0 atom stereocenters. The molecule has 0 aliphatic heterocycles. The van der Waals surface area contributed by atoms with E-state index in [-0.39, 0.29) is 0 Å². The highest BCUT2D eigenvalue weighted by Crippen LogP contribution is 1.96. The summed E-state index contributed by atoms with van der Waals surface area (Å²) in [6.45, 7) is 7.52. The second-order valence-electron chi connectivity index (χ2n) is 2.03. The van der Waals surface area contributed by atoms with Gasteiger partial charge >= 0.3 is 0 Å². The van der Waals surface area contributed by atoms with Crippen LogP contribution in [0.5, 0.6) is 0 Å². The molecule has 1 nitrogen and oxygen atoms in total. The highest BCUT2D eigenvalue weighted by molar-refractivity contribution is 4.38. The Morgan fingerprint density at radius 1 is 1.43 bits per heavy atom. The van der Waals surface area contributed by atoms with Gasteiger partial charge in [-0.25, -0.2) is 0 Å². The molecule has 0 heterocycles. The van der Waals surface area contributed by atoms with Gasteiger partial charge in [-0.3, -0.25) is 0 Å². The summed E-state index contributed by atoms with van der Waals surface area (Å²) in [7, 11) is 2.05. The van der Waals surface area contributed by atoms with Crippen LogP contribution >= 0.6 is 0 Å². The third-order valence-electron chi connectivity index (χ3n) is 1.26. The lowest BCUT2D eigenvalue weighted by molar-refractivity contribution is -0.134. The van der Waals surface area contributed by atoms with Crippen LogP contribution < -0.4 is 0 Å². The molecule has 44 valence electrons. The van der Waals surface area contributed by atoms with E-state index in [2.05, 4.69) is 25.1 Å². The van der Waals surface area contributed by atoms with Crippen molar-refractivity contribution in [3.63, 3.8) is 0 Å². The Hall–Kier alpha value is -0.0400. The summed E-state index contributed by atoms with van der Waals surface area (Å²) in [6.07, 6.45) is 0.616. The van der Waals surface area contributed by atoms with Crippen molar-refractivity contribution in [3.8, 4) is 0 Å². The molecule has 0 spiro atoms. The van der Waals surface area contributed by atoms with Crippen molar-refractivity contribution in [1.29, 1.82) is 0 Å². The van der Waals surface area contributed by atoms with Gasteiger partial charge in [0.1, 0.15) is 19.8 Å². The molecule has 0 N–H and O–H groups in total. The molecule has 7 heavy (non-hydrogen) atoms. The van der Waals surface area contributed by atoms with E-state index in [9.17, 15) is 0 Å². The van der Waals surface area contributed by atoms with Crippen molar-refractivity contribution >= 4 is 0 Å². The number of hydrogen-bond donors (Lipinski definition) is 0. The Morgan fingerprint density at radius 2 is 1.86 bits per heavy atom. The first-order valence-corrected chi connectivity index (χ1v) is 2.79. The fourth-order valence-electron chi connectivity index (χ4n) is 0.333. The van der Waals surface area contributed by atoms with Crippen molar-refractivity contribution in [2.75, 3.05) is 13.7 Å². The summed E-state index contributed by atoms with van der Waals surface area (Å²) < 4.78 is 2.99. The third-order valence-corrected chi connectivity index (χ3v) is 1.26. The van der Waals surface area contributed by atoms with E-state index in [1.807, 2.05) is 7.11 Å². The maximum Gasteiger partial charge on any atom is 0.149 e. The Balaban J connectivity index is 3.14. The van der Waals surface area contributed by atoms with Crippen molar-refractivity contribution in [3.05, 3.63) is 0 Å². The first kappa shape index (κ1) is 6.96. The lowest BCUT2D eigenvalue weighted by Crippen LogP contribution is -2.16. The van der Waals surface area contributed by atoms with Gasteiger partial charge in [-0.2, -0.15) is 0 Å². The highest BCUT2D eigenvalue weighted by atomic mass is 16.7. The Kier molecular flexibility index (Phi) is 3.01. The monoisotopic (exact) mass is 103 g/mol. The van der Waals surface area contributed by atoms with Crippen LogP contribution in [-0.4, -0.2) is 19.8 Å². The van der Waals surface area contributed by atoms with Gasteiger partial charge in [0.25, 0.3) is 0 Å². The van der Waals surface area contributed by atoms with Crippen LogP contribution in [0.25, 0.3) is 0 Å². The van der Waals surface area contributed by atoms with Gasteiger partial charge in [0.2, 0.25) is 0 Å². The standard InChI is InChI=1S/C6H15O/c1-5-7(4)6(2)3/h6H,5H2,1-4H3/q+1. The second kappa shape index (κ2) is 3.03. The topological polar surface area (TPSA) is 2.70 Å². The largest absolute Gasteiger partial charge is 0.423 e.